The summed E-state index contributed by atoms with van der Waals surface area (Å²) in [5.74, 6) is -0.478. The molecule has 2 aromatic rings. The van der Waals surface area contributed by atoms with Gasteiger partial charge in [-0.2, -0.15) is 0 Å². The zero-order valence-electron chi connectivity index (χ0n) is 18.6. The maximum atomic E-state index is 14.1. The lowest BCUT2D eigenvalue weighted by Crippen LogP contribution is -2.44. The Morgan fingerprint density at radius 1 is 1.16 bits per heavy atom. The number of aliphatic imine (C=N–C) groups is 1. The largest absolute Gasteiger partial charge is 0.365 e. The first-order valence-electron chi connectivity index (χ1n) is 10.4. The SMILES string of the molecule is CCNC(=NCc1ccc(C(=O)N(C)C)cc1)NC1CCN(c2c(F)cccc2F)C1.I. The molecule has 1 atom stereocenters. The second kappa shape index (κ2) is 12.0. The molecule has 1 aliphatic rings. The van der Waals surface area contributed by atoms with E-state index >= 15 is 0 Å². The fourth-order valence-corrected chi connectivity index (χ4v) is 3.57. The van der Waals surface area contributed by atoms with Crippen molar-refractivity contribution in [3.05, 3.63) is 65.2 Å². The Bertz CT molecular complexity index is 916. The van der Waals surface area contributed by atoms with Gasteiger partial charge in [-0.3, -0.25) is 4.79 Å². The molecular weight excluding hydrogens is 527 g/mol. The quantitative estimate of drug-likeness (QED) is 0.324. The van der Waals surface area contributed by atoms with E-state index in [1.807, 2.05) is 19.1 Å². The molecule has 0 radical (unpaired) electrons. The fraction of sp³-hybridized carbons (Fsp3) is 0.391. The van der Waals surface area contributed by atoms with Gasteiger partial charge in [-0.15, -0.1) is 24.0 Å². The third-order valence-corrected chi connectivity index (χ3v) is 5.15. The molecule has 0 saturated carbocycles. The Balaban J connectivity index is 0.00000363. The number of amides is 1. The van der Waals surface area contributed by atoms with Gasteiger partial charge in [-0.1, -0.05) is 18.2 Å². The highest BCUT2D eigenvalue weighted by molar-refractivity contribution is 14.0. The van der Waals surface area contributed by atoms with Gasteiger partial charge in [0.1, 0.15) is 17.3 Å². The highest BCUT2D eigenvalue weighted by Gasteiger charge is 2.27. The van der Waals surface area contributed by atoms with E-state index in [0.717, 1.165) is 12.0 Å². The molecule has 1 saturated heterocycles. The van der Waals surface area contributed by atoms with Crippen molar-refractivity contribution in [1.29, 1.82) is 0 Å². The normalized spacial score (nSPS) is 15.8. The van der Waals surface area contributed by atoms with Gasteiger partial charge in [0.2, 0.25) is 0 Å². The zero-order chi connectivity index (χ0) is 22.4. The first-order valence-corrected chi connectivity index (χ1v) is 10.4. The standard InChI is InChI=1S/C23H29F2N5O.HI/c1-4-26-23(27-14-16-8-10-17(11-9-16)22(31)29(2)3)28-18-12-13-30(15-18)21-19(24)6-5-7-20(21)25;/h5-11,18H,4,12-15H2,1-3H3,(H2,26,27,28);1H. The van der Waals surface area contributed by atoms with Crippen LogP contribution in [-0.4, -0.2) is 56.5 Å². The Morgan fingerprint density at radius 2 is 1.81 bits per heavy atom. The highest BCUT2D eigenvalue weighted by atomic mass is 127. The molecule has 3 rings (SSSR count). The second-order valence-corrected chi connectivity index (χ2v) is 7.74. The molecule has 0 spiro atoms. The number of halogens is 3. The summed E-state index contributed by atoms with van der Waals surface area (Å²) in [4.78, 5) is 19.9. The van der Waals surface area contributed by atoms with Gasteiger partial charge < -0.3 is 20.4 Å². The summed E-state index contributed by atoms with van der Waals surface area (Å²) in [7, 11) is 3.44. The molecule has 9 heteroatoms. The van der Waals surface area contributed by atoms with Gasteiger partial charge in [0.15, 0.2) is 5.96 Å². The van der Waals surface area contributed by atoms with Crippen LogP contribution in [0.4, 0.5) is 14.5 Å². The van der Waals surface area contributed by atoms with Crippen LogP contribution in [0.5, 0.6) is 0 Å². The molecule has 1 heterocycles. The number of para-hydroxylation sites is 1. The first-order chi connectivity index (χ1) is 14.9. The third-order valence-electron chi connectivity index (χ3n) is 5.15. The average Bonchev–Trinajstić information content (AvgIpc) is 3.20. The van der Waals surface area contributed by atoms with E-state index in [2.05, 4.69) is 15.6 Å². The third kappa shape index (κ3) is 6.54. The average molecular weight is 557 g/mol. The molecule has 2 N–H and O–H groups in total. The molecule has 0 aromatic heterocycles. The van der Waals surface area contributed by atoms with Crippen LogP contribution in [0.3, 0.4) is 0 Å². The smallest absolute Gasteiger partial charge is 0.253 e. The lowest BCUT2D eigenvalue weighted by Gasteiger charge is -2.21. The second-order valence-electron chi connectivity index (χ2n) is 7.74. The van der Waals surface area contributed by atoms with Gasteiger partial charge in [0.25, 0.3) is 5.91 Å². The van der Waals surface area contributed by atoms with Crippen molar-refractivity contribution in [1.82, 2.24) is 15.5 Å². The maximum Gasteiger partial charge on any atom is 0.253 e. The van der Waals surface area contributed by atoms with Crippen molar-refractivity contribution in [2.45, 2.75) is 25.9 Å². The molecule has 174 valence electrons. The molecule has 1 amide bonds. The summed E-state index contributed by atoms with van der Waals surface area (Å²) in [6, 6.07) is 11.3. The molecule has 1 fully saturated rings. The molecule has 32 heavy (non-hydrogen) atoms. The van der Waals surface area contributed by atoms with Crippen LogP contribution >= 0.6 is 24.0 Å². The van der Waals surface area contributed by atoms with Crippen LogP contribution in [0.15, 0.2) is 47.5 Å². The van der Waals surface area contributed by atoms with Crippen molar-refractivity contribution >= 4 is 41.5 Å². The minimum Gasteiger partial charge on any atom is -0.365 e. The van der Waals surface area contributed by atoms with Crippen LogP contribution in [0.2, 0.25) is 0 Å². The number of carbonyl (C=O) groups excluding carboxylic acids is 1. The Kier molecular flexibility index (Phi) is 9.67. The molecule has 6 nitrogen and oxygen atoms in total. The number of benzene rings is 2. The van der Waals surface area contributed by atoms with Gasteiger partial charge in [0, 0.05) is 45.3 Å². The Labute approximate surface area is 205 Å². The fourth-order valence-electron chi connectivity index (χ4n) is 3.57. The van der Waals surface area contributed by atoms with Crippen molar-refractivity contribution in [3.8, 4) is 0 Å². The molecular formula is C23H30F2IN5O. The van der Waals surface area contributed by atoms with Crippen LogP contribution in [0, 0.1) is 11.6 Å². The zero-order valence-corrected chi connectivity index (χ0v) is 20.9. The Hall–Kier alpha value is -2.43. The van der Waals surface area contributed by atoms with E-state index in [4.69, 9.17) is 0 Å². The summed E-state index contributed by atoms with van der Waals surface area (Å²) in [6.45, 7) is 4.18. The topological polar surface area (TPSA) is 60.0 Å². The Morgan fingerprint density at radius 3 is 2.41 bits per heavy atom. The van der Waals surface area contributed by atoms with Crippen LogP contribution in [-0.2, 0) is 6.54 Å². The molecule has 2 aromatic carbocycles. The number of hydrogen-bond donors (Lipinski definition) is 2. The summed E-state index contributed by atoms with van der Waals surface area (Å²) < 4.78 is 28.2. The van der Waals surface area contributed by atoms with Crippen LogP contribution < -0.4 is 15.5 Å². The van der Waals surface area contributed by atoms with Crippen molar-refractivity contribution in [2.24, 2.45) is 4.99 Å². The molecule has 1 aliphatic heterocycles. The van der Waals surface area contributed by atoms with Gasteiger partial charge in [-0.25, -0.2) is 13.8 Å². The monoisotopic (exact) mass is 557 g/mol. The number of nitrogens with zero attached hydrogens (tertiary/aromatic N) is 3. The predicted molar refractivity (Wildman–Crippen MR) is 135 cm³/mol. The molecule has 0 aliphatic carbocycles. The summed E-state index contributed by atoms with van der Waals surface area (Å²) >= 11 is 0. The molecule has 0 bridgehead atoms. The number of nitrogens with one attached hydrogen (secondary N) is 2. The number of anilines is 1. The lowest BCUT2D eigenvalue weighted by atomic mass is 10.1. The van der Waals surface area contributed by atoms with E-state index in [9.17, 15) is 13.6 Å². The number of guanidine groups is 1. The predicted octanol–water partition coefficient (Wildman–Crippen LogP) is 3.62. The maximum absolute atomic E-state index is 14.1. The number of rotatable bonds is 6. The molecule has 1 unspecified atom stereocenters. The van der Waals surface area contributed by atoms with Crippen molar-refractivity contribution in [2.75, 3.05) is 38.6 Å². The van der Waals surface area contributed by atoms with Crippen LogP contribution in [0.1, 0.15) is 29.3 Å². The van der Waals surface area contributed by atoms with Gasteiger partial charge in [0.05, 0.1) is 6.54 Å². The summed E-state index contributed by atoms with van der Waals surface area (Å²) in [6.07, 6.45) is 0.750. The van der Waals surface area contributed by atoms with E-state index in [-0.39, 0.29) is 41.6 Å². The van der Waals surface area contributed by atoms with E-state index in [1.54, 1.807) is 36.0 Å². The number of carbonyl (C=O) groups is 1. The summed E-state index contributed by atoms with van der Waals surface area (Å²) in [5.41, 5.74) is 1.64. The summed E-state index contributed by atoms with van der Waals surface area (Å²) in [5, 5.41) is 6.57. The van der Waals surface area contributed by atoms with Crippen molar-refractivity contribution < 1.29 is 13.6 Å². The van der Waals surface area contributed by atoms with Crippen molar-refractivity contribution in [3.63, 3.8) is 0 Å². The number of hydrogen-bond acceptors (Lipinski definition) is 3. The minimum absolute atomic E-state index is 0. The minimum atomic E-state index is -0.544. The van der Waals surface area contributed by atoms with E-state index in [0.29, 0.717) is 37.7 Å². The van der Waals surface area contributed by atoms with Gasteiger partial charge >= 0.3 is 0 Å². The highest BCUT2D eigenvalue weighted by Crippen LogP contribution is 2.26. The van der Waals surface area contributed by atoms with Crippen LogP contribution in [0.25, 0.3) is 0 Å². The van der Waals surface area contributed by atoms with E-state index in [1.165, 1.54) is 18.2 Å². The van der Waals surface area contributed by atoms with Gasteiger partial charge in [-0.05, 0) is 43.2 Å². The van der Waals surface area contributed by atoms with E-state index < -0.39 is 11.6 Å². The lowest BCUT2D eigenvalue weighted by molar-refractivity contribution is 0.0827. The first kappa shape index (κ1) is 25.8.